The van der Waals surface area contributed by atoms with Gasteiger partial charge in [-0.3, -0.25) is 24.2 Å². The zero-order valence-electron chi connectivity index (χ0n) is 21.4. The Hall–Kier alpha value is -4.33. The van der Waals surface area contributed by atoms with Gasteiger partial charge < -0.3 is 30.2 Å². The molecular weight excluding hydrogens is 511 g/mol. The van der Waals surface area contributed by atoms with Crippen LogP contribution < -0.4 is 10.6 Å². The Labute approximate surface area is 224 Å². The summed E-state index contributed by atoms with van der Waals surface area (Å²) in [6.07, 6.45) is 2.46. The molecule has 3 atom stereocenters. The summed E-state index contributed by atoms with van der Waals surface area (Å²) in [4.78, 5) is 69.9. The third kappa shape index (κ3) is 8.08. The number of carbonyl (C=O) groups is 5. The molecule has 13 nitrogen and oxygen atoms in total. The van der Waals surface area contributed by atoms with E-state index in [2.05, 4.69) is 20.6 Å². The average Bonchev–Trinajstić information content (AvgIpc) is 2.87. The molecule has 1 saturated heterocycles. The van der Waals surface area contributed by atoms with Crippen molar-refractivity contribution < 1.29 is 43.5 Å². The van der Waals surface area contributed by atoms with Gasteiger partial charge in [0.2, 0.25) is 5.91 Å². The van der Waals surface area contributed by atoms with Crippen molar-refractivity contribution >= 4 is 36.8 Å². The third-order valence-electron chi connectivity index (χ3n) is 5.93. The molecule has 2 amide bonds. The van der Waals surface area contributed by atoms with Crippen LogP contribution in [0.2, 0.25) is 0 Å². The molecule has 1 aromatic heterocycles. The summed E-state index contributed by atoms with van der Waals surface area (Å²) in [5.74, 6) is -6.54. The maximum Gasteiger partial charge on any atom is 0.552 e. The third-order valence-corrected chi connectivity index (χ3v) is 5.93. The van der Waals surface area contributed by atoms with E-state index in [0.29, 0.717) is 0 Å². The maximum absolute atomic E-state index is 13.5. The first-order valence-corrected chi connectivity index (χ1v) is 12.2. The molecule has 0 aliphatic carbocycles. The van der Waals surface area contributed by atoms with Gasteiger partial charge in [0.15, 0.2) is 5.60 Å². The molecule has 1 fully saturated rings. The van der Waals surface area contributed by atoms with Gasteiger partial charge in [0.05, 0.1) is 25.0 Å². The Morgan fingerprint density at radius 3 is 2.41 bits per heavy atom. The van der Waals surface area contributed by atoms with Crippen molar-refractivity contribution in [2.24, 2.45) is 5.92 Å². The predicted molar refractivity (Wildman–Crippen MR) is 135 cm³/mol. The van der Waals surface area contributed by atoms with Gasteiger partial charge in [-0.25, -0.2) is 9.78 Å². The summed E-state index contributed by atoms with van der Waals surface area (Å²) in [5.41, 5.74) is -1.63. The highest BCUT2D eigenvalue weighted by atomic mass is 16.6. The normalized spacial score (nSPS) is 18.5. The standard InChI is InChI=1S/C25H29BN4O9/c1-15(2)10-19(26-38-21(33)13-25(39-26,24(36)37)12-20(31)32)30-22(34)17(11-16-6-4-3-5-7-16)29-23(35)18-14-27-8-9-28-18/h3-9,14-15,17,19H,10-13H2,1-2H3,(H,29,35)(H,30,34)(H,31,32)(H,36,37)/t17-,19?,25?/m0/s1. The highest BCUT2D eigenvalue weighted by molar-refractivity contribution is 6.50. The Balaban J connectivity index is 1.87. The van der Waals surface area contributed by atoms with Crippen LogP contribution in [0.1, 0.15) is 49.2 Å². The highest BCUT2D eigenvalue weighted by Crippen LogP contribution is 2.30. The van der Waals surface area contributed by atoms with Gasteiger partial charge in [0.1, 0.15) is 11.7 Å². The van der Waals surface area contributed by atoms with Gasteiger partial charge in [-0.1, -0.05) is 44.2 Å². The minimum atomic E-state index is -2.37. The molecule has 206 valence electrons. The molecule has 2 unspecified atom stereocenters. The first-order valence-electron chi connectivity index (χ1n) is 12.2. The monoisotopic (exact) mass is 540 g/mol. The van der Waals surface area contributed by atoms with E-state index in [4.69, 9.17) is 9.31 Å². The molecule has 0 bridgehead atoms. The first-order chi connectivity index (χ1) is 18.5. The van der Waals surface area contributed by atoms with Gasteiger partial charge in [0, 0.05) is 18.8 Å². The van der Waals surface area contributed by atoms with E-state index in [1.807, 2.05) is 13.8 Å². The van der Waals surface area contributed by atoms with Crippen LogP contribution in [-0.2, 0) is 34.9 Å². The quantitative estimate of drug-likeness (QED) is 0.276. The van der Waals surface area contributed by atoms with Gasteiger partial charge >= 0.3 is 19.1 Å². The summed E-state index contributed by atoms with van der Waals surface area (Å²) in [5, 5.41) is 24.3. The summed E-state index contributed by atoms with van der Waals surface area (Å²) < 4.78 is 10.8. The Bertz CT molecular complexity index is 1190. The second kappa shape index (κ2) is 13.0. The number of benzene rings is 1. The van der Waals surface area contributed by atoms with Crippen molar-refractivity contribution in [3.05, 3.63) is 60.2 Å². The number of amides is 2. The number of hydrogen-bond acceptors (Lipinski definition) is 9. The second-order valence-electron chi connectivity index (χ2n) is 9.57. The van der Waals surface area contributed by atoms with Crippen LogP contribution in [0.25, 0.3) is 0 Å². The van der Waals surface area contributed by atoms with E-state index in [1.54, 1.807) is 30.3 Å². The number of carbonyl (C=O) groups excluding carboxylic acids is 3. The first kappa shape index (κ1) is 29.2. The number of nitrogens with zero attached hydrogens (tertiary/aromatic N) is 2. The number of hydrogen-bond donors (Lipinski definition) is 4. The molecule has 39 heavy (non-hydrogen) atoms. The van der Waals surface area contributed by atoms with Crippen LogP contribution in [0.4, 0.5) is 0 Å². The lowest BCUT2D eigenvalue weighted by atomic mass is 9.70. The van der Waals surface area contributed by atoms with Crippen molar-refractivity contribution in [2.45, 2.75) is 57.1 Å². The van der Waals surface area contributed by atoms with Crippen molar-refractivity contribution in [1.82, 2.24) is 20.6 Å². The van der Waals surface area contributed by atoms with Gasteiger partial charge in [-0.2, -0.15) is 0 Å². The van der Waals surface area contributed by atoms with Gasteiger partial charge in [0.25, 0.3) is 11.9 Å². The van der Waals surface area contributed by atoms with Crippen LogP contribution in [0.15, 0.2) is 48.9 Å². The fraction of sp³-hybridized carbons (Fsp3) is 0.400. The van der Waals surface area contributed by atoms with E-state index in [-0.39, 0.29) is 24.5 Å². The van der Waals surface area contributed by atoms with E-state index in [0.717, 1.165) is 5.56 Å². The second-order valence-corrected chi connectivity index (χ2v) is 9.57. The molecule has 1 aliphatic heterocycles. The Kier molecular flexibility index (Phi) is 9.71. The summed E-state index contributed by atoms with van der Waals surface area (Å²) in [7, 11) is -1.58. The smallest absolute Gasteiger partial charge is 0.508 e. The molecule has 1 aromatic carbocycles. The largest absolute Gasteiger partial charge is 0.552 e. The SMILES string of the molecule is CC(C)CC(NC(=O)[C@H](Cc1ccccc1)NC(=O)c1cnccn1)B1OC(=O)CC(CC(=O)O)(C(=O)O)O1. The number of aliphatic carboxylic acids is 2. The summed E-state index contributed by atoms with van der Waals surface area (Å²) >= 11 is 0. The lowest BCUT2D eigenvalue weighted by Gasteiger charge is -2.38. The van der Waals surface area contributed by atoms with Crippen molar-refractivity contribution in [1.29, 1.82) is 0 Å². The van der Waals surface area contributed by atoms with Crippen molar-refractivity contribution in [3.8, 4) is 0 Å². The minimum Gasteiger partial charge on any atom is -0.508 e. The lowest BCUT2D eigenvalue weighted by molar-refractivity contribution is -0.175. The molecule has 2 aromatic rings. The fourth-order valence-electron chi connectivity index (χ4n) is 4.14. The molecule has 14 heteroatoms. The highest BCUT2D eigenvalue weighted by Gasteiger charge is 2.55. The van der Waals surface area contributed by atoms with E-state index >= 15 is 0 Å². The zero-order chi connectivity index (χ0) is 28.6. The van der Waals surface area contributed by atoms with Gasteiger partial charge in [-0.05, 0) is 17.9 Å². The van der Waals surface area contributed by atoms with Crippen LogP contribution in [0.5, 0.6) is 0 Å². The number of aromatic nitrogens is 2. The molecule has 0 radical (unpaired) electrons. The Morgan fingerprint density at radius 2 is 1.82 bits per heavy atom. The maximum atomic E-state index is 13.5. The van der Waals surface area contributed by atoms with Crippen LogP contribution in [0, 0.1) is 5.92 Å². The zero-order valence-corrected chi connectivity index (χ0v) is 21.4. The van der Waals surface area contributed by atoms with E-state index < -0.39 is 67.3 Å². The topological polar surface area (TPSA) is 194 Å². The molecule has 2 heterocycles. The average molecular weight is 540 g/mol. The fourth-order valence-corrected chi connectivity index (χ4v) is 4.14. The molecule has 0 spiro atoms. The summed E-state index contributed by atoms with van der Waals surface area (Å²) in [6, 6.07) is 7.80. The molecule has 1 aliphatic rings. The molecule has 4 N–H and O–H groups in total. The molecule has 3 rings (SSSR count). The van der Waals surface area contributed by atoms with E-state index in [1.165, 1.54) is 18.6 Å². The van der Waals surface area contributed by atoms with Crippen LogP contribution >= 0.6 is 0 Å². The van der Waals surface area contributed by atoms with Gasteiger partial charge in [-0.15, -0.1) is 0 Å². The molecule has 0 saturated carbocycles. The Morgan fingerprint density at radius 1 is 1.10 bits per heavy atom. The van der Waals surface area contributed by atoms with Crippen LogP contribution in [0.3, 0.4) is 0 Å². The number of carboxylic acid groups (broad SMARTS) is 2. The minimum absolute atomic E-state index is 0.00783. The molecular formula is C25H29BN4O9. The van der Waals surface area contributed by atoms with Crippen molar-refractivity contribution in [3.63, 3.8) is 0 Å². The summed E-state index contributed by atoms with van der Waals surface area (Å²) in [6.45, 7) is 3.64. The number of nitrogens with one attached hydrogen (secondary N) is 2. The number of rotatable bonds is 12. The lowest BCUT2D eigenvalue weighted by Crippen LogP contribution is -2.62. The van der Waals surface area contributed by atoms with E-state index in [9.17, 15) is 34.2 Å². The predicted octanol–water partition coefficient (Wildman–Crippen LogP) is 0.638. The van der Waals surface area contributed by atoms with Crippen molar-refractivity contribution in [2.75, 3.05) is 0 Å². The number of carboxylic acids is 2. The van der Waals surface area contributed by atoms with Crippen LogP contribution in [-0.4, -0.2) is 74.6 Å².